The Kier molecular flexibility index (Phi) is 2.64. The van der Waals surface area contributed by atoms with Crippen LogP contribution in [0.1, 0.15) is 13.3 Å². The van der Waals surface area contributed by atoms with Gasteiger partial charge in [0.1, 0.15) is 11.1 Å². The minimum absolute atomic E-state index is 0.0326. The smallest absolute Gasteiger partial charge is 0.307 e. The van der Waals surface area contributed by atoms with E-state index in [9.17, 15) is 4.79 Å². The molecule has 1 aliphatic rings. The van der Waals surface area contributed by atoms with Gasteiger partial charge in [0, 0.05) is 5.22 Å². The van der Waals surface area contributed by atoms with Gasteiger partial charge in [0.25, 0.3) is 0 Å². The van der Waals surface area contributed by atoms with E-state index < -0.39 is 5.97 Å². The minimum Gasteiger partial charge on any atom is -0.494 e. The number of para-hydroxylation sites is 1. The Morgan fingerprint density at radius 3 is 2.94 bits per heavy atom. The number of ether oxygens (including phenoxy) is 1. The van der Waals surface area contributed by atoms with Gasteiger partial charge in [-0.1, -0.05) is 12.1 Å². The molecule has 0 saturated carbocycles. The number of nitrogens with zero attached hydrogens (tertiary/aromatic N) is 1. The van der Waals surface area contributed by atoms with Crippen molar-refractivity contribution in [2.24, 2.45) is 4.99 Å². The normalized spacial score (nSPS) is 17.9. The summed E-state index contributed by atoms with van der Waals surface area (Å²) in [5.74, 6) is -0.127. The van der Waals surface area contributed by atoms with E-state index in [0.29, 0.717) is 5.75 Å². The van der Waals surface area contributed by atoms with E-state index in [-0.39, 0.29) is 12.5 Å². The lowest BCUT2D eigenvalue weighted by Gasteiger charge is -2.03. The van der Waals surface area contributed by atoms with Crippen LogP contribution in [0.25, 0.3) is 5.57 Å². The van der Waals surface area contributed by atoms with Crippen LogP contribution in [-0.2, 0) is 4.79 Å². The summed E-state index contributed by atoms with van der Waals surface area (Å²) >= 11 is 0. The molecule has 2 rings (SSSR count). The Bertz CT molecular complexity index is 548. The van der Waals surface area contributed by atoms with E-state index in [0.717, 1.165) is 16.1 Å². The molecular formula is C12H13NO3. The van der Waals surface area contributed by atoms with Gasteiger partial charge in [-0.2, -0.15) is 0 Å². The molecule has 0 fully saturated rings. The van der Waals surface area contributed by atoms with Gasteiger partial charge < -0.3 is 9.84 Å². The van der Waals surface area contributed by atoms with Crippen LogP contribution in [0.2, 0.25) is 0 Å². The van der Waals surface area contributed by atoms with Crippen LogP contribution in [0.3, 0.4) is 0 Å². The van der Waals surface area contributed by atoms with Gasteiger partial charge in [0.05, 0.1) is 19.6 Å². The van der Waals surface area contributed by atoms with Gasteiger partial charge in [-0.25, -0.2) is 0 Å². The van der Waals surface area contributed by atoms with Gasteiger partial charge in [0.15, 0.2) is 0 Å². The average molecular weight is 219 g/mol. The summed E-state index contributed by atoms with van der Waals surface area (Å²) in [5, 5.41) is 10.5. The lowest BCUT2D eigenvalue weighted by atomic mass is 10.0. The Morgan fingerprint density at radius 1 is 1.56 bits per heavy atom. The fourth-order valence-corrected chi connectivity index (χ4v) is 1.98. The van der Waals surface area contributed by atoms with Crippen LogP contribution in [0.4, 0.5) is 0 Å². The average Bonchev–Trinajstić information content (AvgIpc) is 2.55. The van der Waals surface area contributed by atoms with Crippen LogP contribution in [0, 0.1) is 0 Å². The largest absolute Gasteiger partial charge is 0.494 e. The van der Waals surface area contributed by atoms with Crippen molar-refractivity contribution in [1.29, 1.82) is 0 Å². The number of carboxylic acids is 1. The van der Waals surface area contributed by atoms with Gasteiger partial charge in [-0.05, 0) is 18.6 Å². The van der Waals surface area contributed by atoms with Crippen molar-refractivity contribution >= 4 is 11.5 Å². The number of methoxy groups -OCH3 is 1. The Morgan fingerprint density at radius 2 is 2.31 bits per heavy atom. The maximum absolute atomic E-state index is 10.8. The second-order valence-corrected chi connectivity index (χ2v) is 3.76. The number of hydrogen-bond acceptors (Lipinski definition) is 3. The number of rotatable bonds is 3. The lowest BCUT2D eigenvalue weighted by molar-refractivity contribution is -0.135. The Hall–Kier alpha value is -1.84. The van der Waals surface area contributed by atoms with E-state index in [1.54, 1.807) is 7.11 Å². The second kappa shape index (κ2) is 3.96. The van der Waals surface area contributed by atoms with Gasteiger partial charge in [-0.15, -0.1) is 0 Å². The van der Waals surface area contributed by atoms with Crippen molar-refractivity contribution < 1.29 is 14.6 Å². The fourth-order valence-electron chi connectivity index (χ4n) is 1.98. The minimum atomic E-state index is -0.826. The third kappa shape index (κ3) is 1.66. The van der Waals surface area contributed by atoms with Crippen LogP contribution in [-0.4, -0.2) is 24.2 Å². The first kappa shape index (κ1) is 10.7. The van der Waals surface area contributed by atoms with Crippen LogP contribution in [0.15, 0.2) is 23.2 Å². The summed E-state index contributed by atoms with van der Waals surface area (Å²) in [7, 11) is 1.59. The summed E-state index contributed by atoms with van der Waals surface area (Å²) in [6, 6.07) is 5.50. The van der Waals surface area contributed by atoms with Gasteiger partial charge in [0.2, 0.25) is 0 Å². The highest BCUT2D eigenvalue weighted by molar-refractivity contribution is 5.79. The predicted octanol–water partition coefficient (Wildman–Crippen LogP) is 0.342. The molecule has 0 amide bonds. The van der Waals surface area contributed by atoms with Crippen LogP contribution >= 0.6 is 0 Å². The quantitative estimate of drug-likeness (QED) is 0.797. The summed E-state index contributed by atoms with van der Waals surface area (Å²) in [4.78, 5) is 15.2. The molecule has 1 atom stereocenters. The molecule has 0 aromatic heterocycles. The van der Waals surface area contributed by atoms with Crippen LogP contribution in [0.5, 0.6) is 5.75 Å². The topological polar surface area (TPSA) is 58.9 Å². The number of benzene rings is 1. The molecule has 0 spiro atoms. The highest BCUT2D eigenvalue weighted by atomic mass is 16.5. The van der Waals surface area contributed by atoms with E-state index in [1.807, 2.05) is 25.1 Å². The number of hydrogen-bond donors (Lipinski definition) is 1. The highest BCUT2D eigenvalue weighted by Crippen LogP contribution is 2.14. The maximum Gasteiger partial charge on any atom is 0.307 e. The molecule has 0 saturated heterocycles. The zero-order valence-electron chi connectivity index (χ0n) is 9.23. The van der Waals surface area contributed by atoms with Gasteiger partial charge in [-0.3, -0.25) is 9.79 Å². The molecule has 1 aromatic rings. The molecule has 0 aliphatic carbocycles. The molecule has 4 nitrogen and oxygen atoms in total. The molecule has 4 heteroatoms. The molecule has 0 bridgehead atoms. The molecule has 16 heavy (non-hydrogen) atoms. The van der Waals surface area contributed by atoms with E-state index in [2.05, 4.69) is 4.99 Å². The molecule has 84 valence electrons. The fraction of sp³-hybridized carbons (Fsp3) is 0.333. The standard InChI is InChI=1S/C12H13NO3/c1-7-9(6-11(14)15)8-4-3-5-10(16-2)12(8)13-7/h3-5,7H,6H2,1-2H3,(H,14,15)/t7-/m0/s1. The summed E-state index contributed by atoms with van der Waals surface area (Å²) in [6.45, 7) is 1.90. The summed E-state index contributed by atoms with van der Waals surface area (Å²) in [5.41, 5.74) is 0.849. The third-order valence-corrected chi connectivity index (χ3v) is 2.73. The number of aliphatic carboxylic acids is 1. The van der Waals surface area contributed by atoms with Crippen molar-refractivity contribution in [3.8, 4) is 5.75 Å². The summed E-state index contributed by atoms with van der Waals surface area (Å²) < 4.78 is 5.20. The van der Waals surface area contributed by atoms with E-state index in [4.69, 9.17) is 9.84 Å². The monoisotopic (exact) mass is 219 g/mol. The maximum atomic E-state index is 10.8. The number of carboxylic acid groups (broad SMARTS) is 1. The highest BCUT2D eigenvalue weighted by Gasteiger charge is 2.19. The van der Waals surface area contributed by atoms with E-state index >= 15 is 0 Å². The first-order valence-corrected chi connectivity index (χ1v) is 5.09. The molecule has 1 N–H and O–H groups in total. The van der Waals surface area contributed by atoms with Crippen molar-refractivity contribution in [3.05, 3.63) is 28.8 Å². The van der Waals surface area contributed by atoms with Gasteiger partial charge >= 0.3 is 5.97 Å². The first-order chi connectivity index (χ1) is 7.63. The predicted molar refractivity (Wildman–Crippen MR) is 58.9 cm³/mol. The first-order valence-electron chi connectivity index (χ1n) is 5.09. The number of carbonyl (C=O) groups is 1. The Labute approximate surface area is 92.9 Å². The molecular weight excluding hydrogens is 206 g/mol. The molecule has 0 unspecified atom stereocenters. The van der Waals surface area contributed by atoms with Crippen LogP contribution < -0.4 is 15.3 Å². The number of fused-ring (bicyclic) bond motifs is 1. The Balaban J connectivity index is 2.66. The third-order valence-electron chi connectivity index (χ3n) is 2.73. The van der Waals surface area contributed by atoms with Crippen molar-refractivity contribution in [3.63, 3.8) is 0 Å². The summed E-state index contributed by atoms with van der Waals surface area (Å²) in [6.07, 6.45) is 0.0326. The molecule has 1 aliphatic heterocycles. The SMILES string of the molecule is COc1cccc2c1=N[C@@H](C)C=2CC(=O)O. The van der Waals surface area contributed by atoms with E-state index in [1.165, 1.54) is 0 Å². The molecule has 1 aromatic carbocycles. The van der Waals surface area contributed by atoms with Crippen molar-refractivity contribution in [1.82, 2.24) is 0 Å². The zero-order chi connectivity index (χ0) is 11.7. The zero-order valence-corrected chi connectivity index (χ0v) is 9.23. The lowest BCUT2D eigenvalue weighted by Crippen LogP contribution is -2.25. The molecule has 0 radical (unpaired) electrons. The van der Waals surface area contributed by atoms with Crippen molar-refractivity contribution in [2.75, 3.05) is 7.11 Å². The molecule has 1 heterocycles. The van der Waals surface area contributed by atoms with Crippen molar-refractivity contribution in [2.45, 2.75) is 19.4 Å². The second-order valence-electron chi connectivity index (χ2n) is 3.76.